The Balaban J connectivity index is 2.32. The lowest BCUT2D eigenvalue weighted by molar-refractivity contribution is -0.118. The topological polar surface area (TPSA) is 26.3 Å². The van der Waals surface area contributed by atoms with Gasteiger partial charge in [-0.3, -0.25) is 0 Å². The molecule has 0 atom stereocenters. The fourth-order valence-electron chi connectivity index (χ4n) is 2.55. The maximum absolute atomic E-state index is 11.1. The zero-order valence-electron chi connectivity index (χ0n) is 13.7. The molecule has 0 aromatic carbocycles. The van der Waals surface area contributed by atoms with Crippen LogP contribution < -0.4 is 0 Å². The Morgan fingerprint density at radius 2 is 1.58 bits per heavy atom. The molecule has 19 heavy (non-hydrogen) atoms. The van der Waals surface area contributed by atoms with Crippen LogP contribution in [0.1, 0.15) is 59.8 Å². The average molecular weight is 285 g/mol. The summed E-state index contributed by atoms with van der Waals surface area (Å²) in [6.45, 7) is 14.2. The highest BCUT2D eigenvalue weighted by atomic mass is 28.4. The lowest BCUT2D eigenvalue weighted by Crippen LogP contribution is -2.42. The zero-order valence-corrected chi connectivity index (χ0v) is 14.7. The van der Waals surface area contributed by atoms with Crippen molar-refractivity contribution in [3.05, 3.63) is 0 Å². The fraction of sp³-hybridized carbons (Fsp3) is 0.938. The average Bonchev–Trinajstić information content (AvgIpc) is 2.26. The molecule has 1 aliphatic carbocycles. The normalized spacial score (nSPS) is 25.4. The summed E-state index contributed by atoms with van der Waals surface area (Å²) in [5, 5.41) is 0.304. The van der Waals surface area contributed by atoms with Crippen molar-refractivity contribution in [3.8, 4) is 0 Å². The Morgan fingerprint density at radius 3 is 2.00 bits per heavy atom. The standard InChI is InChI=1S/C16H32O2Si/c1-13(17)11-14-7-9-15(10-8-14)12-18-19(5,6)16(2,3)4/h14-15H,7-12H2,1-6H3. The predicted octanol–water partition coefficient (Wildman–Crippen LogP) is 4.79. The Morgan fingerprint density at radius 1 is 1.11 bits per heavy atom. The van der Waals surface area contributed by atoms with Gasteiger partial charge in [0.15, 0.2) is 8.32 Å². The van der Waals surface area contributed by atoms with E-state index in [2.05, 4.69) is 33.9 Å². The van der Waals surface area contributed by atoms with Crippen molar-refractivity contribution in [1.82, 2.24) is 0 Å². The van der Waals surface area contributed by atoms with Gasteiger partial charge in [-0.1, -0.05) is 20.8 Å². The van der Waals surface area contributed by atoms with E-state index >= 15 is 0 Å². The molecule has 1 fully saturated rings. The van der Waals surface area contributed by atoms with Crippen molar-refractivity contribution < 1.29 is 9.22 Å². The van der Waals surface area contributed by atoms with Gasteiger partial charge in [-0.25, -0.2) is 0 Å². The summed E-state index contributed by atoms with van der Waals surface area (Å²) in [5.41, 5.74) is 0. The van der Waals surface area contributed by atoms with Gasteiger partial charge in [0, 0.05) is 13.0 Å². The largest absolute Gasteiger partial charge is 0.417 e. The van der Waals surface area contributed by atoms with E-state index in [1.165, 1.54) is 25.7 Å². The van der Waals surface area contributed by atoms with Crippen LogP contribution in [0.5, 0.6) is 0 Å². The second-order valence-corrected chi connectivity index (χ2v) is 12.7. The zero-order chi connectivity index (χ0) is 14.7. The molecule has 0 unspecified atom stereocenters. The summed E-state index contributed by atoms with van der Waals surface area (Å²) in [7, 11) is -1.59. The van der Waals surface area contributed by atoms with Crippen LogP contribution in [-0.4, -0.2) is 20.7 Å². The summed E-state index contributed by atoms with van der Waals surface area (Å²) in [5.74, 6) is 1.71. The number of hydrogen-bond acceptors (Lipinski definition) is 2. The number of Topliss-reactive ketones (excluding diaryl/α,β-unsaturated/α-hetero) is 1. The van der Waals surface area contributed by atoms with Gasteiger partial charge < -0.3 is 9.22 Å². The van der Waals surface area contributed by atoms with E-state index < -0.39 is 8.32 Å². The maximum Gasteiger partial charge on any atom is 0.191 e. The number of rotatable bonds is 5. The number of carbonyl (C=O) groups is 1. The Kier molecular flexibility index (Phi) is 5.81. The SMILES string of the molecule is CC(=O)CC1CCC(CO[Si](C)(C)C(C)(C)C)CC1. The van der Waals surface area contributed by atoms with Crippen LogP contribution in [0.25, 0.3) is 0 Å². The van der Waals surface area contributed by atoms with E-state index in [1.54, 1.807) is 6.92 Å². The van der Waals surface area contributed by atoms with Crippen LogP contribution >= 0.6 is 0 Å². The summed E-state index contributed by atoms with van der Waals surface area (Å²) in [6.07, 6.45) is 5.70. The fourth-order valence-corrected chi connectivity index (χ4v) is 3.64. The number of carbonyl (C=O) groups excluding carboxylic acids is 1. The second-order valence-electron chi connectivity index (χ2n) is 7.86. The molecule has 0 spiro atoms. The molecule has 1 aliphatic rings. The lowest BCUT2D eigenvalue weighted by atomic mass is 9.80. The first kappa shape index (κ1) is 16.9. The van der Waals surface area contributed by atoms with E-state index in [-0.39, 0.29) is 0 Å². The summed E-state index contributed by atoms with van der Waals surface area (Å²) >= 11 is 0. The Hall–Kier alpha value is -0.153. The highest BCUT2D eigenvalue weighted by molar-refractivity contribution is 6.74. The predicted molar refractivity (Wildman–Crippen MR) is 83.9 cm³/mol. The van der Waals surface area contributed by atoms with E-state index in [4.69, 9.17) is 4.43 Å². The van der Waals surface area contributed by atoms with Gasteiger partial charge in [-0.05, 0) is 62.6 Å². The quantitative estimate of drug-likeness (QED) is 0.678. The molecule has 0 aromatic heterocycles. The van der Waals surface area contributed by atoms with Crippen LogP contribution in [0.2, 0.25) is 18.1 Å². The molecular formula is C16H32O2Si. The van der Waals surface area contributed by atoms with Gasteiger partial charge in [-0.15, -0.1) is 0 Å². The van der Waals surface area contributed by atoms with Crippen molar-refractivity contribution in [2.45, 2.75) is 77.9 Å². The van der Waals surface area contributed by atoms with Crippen LogP contribution in [0.15, 0.2) is 0 Å². The molecular weight excluding hydrogens is 252 g/mol. The maximum atomic E-state index is 11.1. The lowest BCUT2D eigenvalue weighted by Gasteiger charge is -2.38. The van der Waals surface area contributed by atoms with Gasteiger partial charge in [0.2, 0.25) is 0 Å². The number of hydrogen-bond donors (Lipinski definition) is 0. The molecule has 0 aliphatic heterocycles. The van der Waals surface area contributed by atoms with Crippen LogP contribution in [0.4, 0.5) is 0 Å². The molecule has 1 saturated carbocycles. The van der Waals surface area contributed by atoms with E-state index in [9.17, 15) is 4.79 Å². The molecule has 0 heterocycles. The molecule has 0 bridgehead atoms. The Labute approximate surface area is 120 Å². The van der Waals surface area contributed by atoms with Crippen molar-refractivity contribution in [2.75, 3.05) is 6.61 Å². The molecule has 0 aromatic rings. The van der Waals surface area contributed by atoms with E-state index in [0.717, 1.165) is 18.9 Å². The summed E-state index contributed by atoms with van der Waals surface area (Å²) in [4.78, 5) is 11.1. The van der Waals surface area contributed by atoms with Crippen LogP contribution in [0.3, 0.4) is 0 Å². The third kappa shape index (κ3) is 5.39. The van der Waals surface area contributed by atoms with Crippen molar-refractivity contribution in [1.29, 1.82) is 0 Å². The van der Waals surface area contributed by atoms with Gasteiger partial charge >= 0.3 is 0 Å². The first-order chi connectivity index (χ1) is 8.62. The van der Waals surface area contributed by atoms with Crippen molar-refractivity contribution >= 4 is 14.1 Å². The molecule has 1 rings (SSSR count). The highest BCUT2D eigenvalue weighted by Crippen LogP contribution is 2.38. The highest BCUT2D eigenvalue weighted by Gasteiger charge is 2.37. The molecule has 3 heteroatoms. The van der Waals surface area contributed by atoms with E-state index in [0.29, 0.717) is 16.7 Å². The molecule has 0 amide bonds. The van der Waals surface area contributed by atoms with Gasteiger partial charge in [0.05, 0.1) is 0 Å². The van der Waals surface area contributed by atoms with Crippen molar-refractivity contribution in [3.63, 3.8) is 0 Å². The van der Waals surface area contributed by atoms with Crippen LogP contribution in [-0.2, 0) is 9.22 Å². The minimum atomic E-state index is -1.59. The van der Waals surface area contributed by atoms with Gasteiger partial charge in [-0.2, -0.15) is 0 Å². The first-order valence-corrected chi connectivity index (χ1v) is 10.7. The molecule has 112 valence electrons. The monoisotopic (exact) mass is 284 g/mol. The minimum Gasteiger partial charge on any atom is -0.417 e. The molecule has 0 N–H and O–H groups in total. The van der Waals surface area contributed by atoms with E-state index in [1.807, 2.05) is 0 Å². The smallest absolute Gasteiger partial charge is 0.191 e. The van der Waals surface area contributed by atoms with Gasteiger partial charge in [0.1, 0.15) is 5.78 Å². The first-order valence-electron chi connectivity index (χ1n) is 7.75. The molecule has 2 nitrogen and oxygen atoms in total. The summed E-state index contributed by atoms with van der Waals surface area (Å²) < 4.78 is 6.32. The van der Waals surface area contributed by atoms with Crippen molar-refractivity contribution in [2.24, 2.45) is 11.8 Å². The molecule has 0 radical (unpaired) electrons. The molecule has 0 saturated heterocycles. The third-order valence-electron chi connectivity index (χ3n) is 5.03. The van der Waals surface area contributed by atoms with Gasteiger partial charge in [0.25, 0.3) is 0 Å². The Bertz CT molecular complexity index is 296. The minimum absolute atomic E-state index is 0.304. The second kappa shape index (κ2) is 6.53. The summed E-state index contributed by atoms with van der Waals surface area (Å²) in [6, 6.07) is 0. The third-order valence-corrected chi connectivity index (χ3v) is 9.53. The van der Waals surface area contributed by atoms with Crippen LogP contribution in [0, 0.1) is 11.8 Å². The number of ketones is 1.